The second-order valence-electron chi connectivity index (χ2n) is 18.4. The van der Waals surface area contributed by atoms with Crippen LogP contribution in [-0.4, -0.2) is 174 Å². The molecule has 9 heterocycles. The Balaban J connectivity index is 0.843. The van der Waals surface area contributed by atoms with Crippen molar-refractivity contribution in [2.45, 2.75) is 87.3 Å². The van der Waals surface area contributed by atoms with Gasteiger partial charge in [0.1, 0.15) is 55.2 Å². The molecule has 43 heteroatoms. The minimum atomic E-state index is -6.24. The molecule has 3 fully saturated rings. The minimum absolute atomic E-state index is 0.0294. The number of imidazole rings is 3. The molecule has 0 spiro atoms. The number of aromatic hydroxyl groups is 1. The van der Waals surface area contributed by atoms with Gasteiger partial charge >= 0.3 is 31.3 Å². The molecule has 3 saturated heterocycles. The lowest BCUT2D eigenvalue weighted by Gasteiger charge is -2.27. The summed E-state index contributed by atoms with van der Waals surface area (Å²) < 4.78 is 110. The van der Waals surface area contributed by atoms with Gasteiger partial charge in [-0.25, -0.2) is 42.8 Å². The molecule has 82 heavy (non-hydrogen) atoms. The number of hydrogen-bond donors (Lipinski definition) is 13. The van der Waals surface area contributed by atoms with E-state index in [9.17, 15) is 68.2 Å². The Hall–Kier alpha value is -5.93. The fourth-order valence-corrected chi connectivity index (χ4v) is 13.6. The molecule has 6 aromatic heterocycles. The zero-order valence-corrected chi connectivity index (χ0v) is 45.8. The van der Waals surface area contributed by atoms with Crippen molar-refractivity contribution < 1.29 is 114 Å². The Morgan fingerprint density at radius 1 is 0.707 bits per heavy atom. The first kappa shape index (κ1) is 59.2. The number of nitrogen functional groups attached to an aromatic ring is 2. The number of aliphatic hydroxyl groups is 4. The monoisotopic (exact) mass is 1240 g/mol. The predicted octanol–water partition coefficient (Wildman–Crippen LogP) is -2.00. The first-order valence-corrected chi connectivity index (χ1v) is 29.6. The van der Waals surface area contributed by atoms with Gasteiger partial charge in [-0.15, -0.1) is 0 Å². The number of phosphoric ester groups is 3. The highest BCUT2D eigenvalue weighted by molar-refractivity contribution is 7.66. The molecule has 3 aliphatic rings. The molecule has 0 aliphatic carbocycles. The molecule has 8 unspecified atom stereocenters. The number of ether oxygens (including phenoxy) is 4. The summed E-state index contributed by atoms with van der Waals surface area (Å²) >= 11 is 0. The Morgan fingerprint density at radius 3 is 2.01 bits per heavy atom. The summed E-state index contributed by atoms with van der Waals surface area (Å²) in [6.45, 7) is -0.239. The van der Waals surface area contributed by atoms with Crippen LogP contribution in [0.3, 0.4) is 0 Å². The number of benzene rings is 1. The van der Waals surface area contributed by atoms with Crippen LogP contribution in [0.5, 0.6) is 5.88 Å². The lowest BCUT2D eigenvalue weighted by Crippen LogP contribution is -2.38. The number of aryl methyl sites for hydroxylation is 2. The average Bonchev–Trinajstić information content (AvgIpc) is 2.93. The van der Waals surface area contributed by atoms with Crippen molar-refractivity contribution in [1.29, 1.82) is 0 Å². The zero-order chi connectivity index (χ0) is 59.0. The molecule has 0 amide bonds. The maximum atomic E-state index is 14.0. The highest BCUT2D eigenvalue weighted by Crippen LogP contribution is 2.68. The number of hydrogen-bond acceptors (Lipinski definition) is 30. The number of phosphoric acid groups is 4. The lowest BCUT2D eigenvalue weighted by atomic mass is 10.1. The van der Waals surface area contributed by atoms with E-state index in [-0.39, 0.29) is 51.2 Å². The number of nitrogens with two attached hydrogens (primary N) is 2. The van der Waals surface area contributed by atoms with Crippen molar-refractivity contribution in [2.24, 2.45) is 7.05 Å². The van der Waals surface area contributed by atoms with Crippen LogP contribution < -0.4 is 26.9 Å². The first-order chi connectivity index (χ1) is 38.6. The number of rotatable bonds is 21. The van der Waals surface area contributed by atoms with E-state index in [1.54, 1.807) is 0 Å². The summed E-state index contributed by atoms with van der Waals surface area (Å²) in [6, 6.07) is 7.60. The van der Waals surface area contributed by atoms with E-state index < -0.39 is 130 Å². The molecule has 0 bridgehead atoms. The molecule has 0 radical (unpaired) electrons. The number of aromatic nitrogens is 12. The second-order valence-corrected chi connectivity index (χ2v) is 24.4. The van der Waals surface area contributed by atoms with Gasteiger partial charge in [-0.05, 0) is 12.5 Å². The molecular weight excluding hydrogens is 1190 g/mol. The van der Waals surface area contributed by atoms with Crippen molar-refractivity contribution in [1.82, 2.24) is 53.6 Å². The fourth-order valence-electron chi connectivity index (χ4n) is 9.07. The molecule has 10 rings (SSSR count). The molecule has 3 aliphatic heterocycles. The van der Waals surface area contributed by atoms with E-state index in [2.05, 4.69) is 53.8 Å². The van der Waals surface area contributed by atoms with Crippen LogP contribution in [0.25, 0.3) is 33.5 Å². The summed E-state index contributed by atoms with van der Waals surface area (Å²) in [5.74, 6) is -1.04. The van der Waals surface area contributed by atoms with Crippen LogP contribution in [0, 0.1) is 6.92 Å². The largest absolute Gasteiger partial charge is 0.490 e. The smallest absolute Gasteiger partial charge is 0.490 e. The topological polar surface area (TPSA) is 548 Å². The third kappa shape index (κ3) is 12.1. The van der Waals surface area contributed by atoms with Crippen LogP contribution in [0.1, 0.15) is 29.8 Å². The Labute approximate surface area is 457 Å². The van der Waals surface area contributed by atoms with Crippen LogP contribution in [0.15, 0.2) is 54.4 Å². The van der Waals surface area contributed by atoms with E-state index in [1.807, 2.05) is 31.2 Å². The standard InChI is InChI=1S/C39H49N15O24P4/c1-15-4-6-16(7-5-15)8-42-28-19-29(44-11-43-28)52(12-45-19)36-27(69-3)26(75-81(65,66)76-37-25(58)24(57)34(74-37)53-13-46-20-30(53)47-38(40)49-32(20)59)18(73-36)10-71-80(63,64)78-82(67,68)77-79(61,62)70-9-17-22(55)23(56)35(72-17)54-14-51(2)21-31(54)48-39(41)50-33(21)60/h4-7,11-14,17-18,22-27,34-37,55-58H,8-10H2,1-3H3,(H10-,40,41,42,43,44,47,48,49,50,59,60,61,62,63,64,65,66,67,68)/p+1/t17-,18-,22?,23?,24?,25-,26+,27?,34-,35-,36-,37-/m1/s1. The third-order valence-electron chi connectivity index (χ3n) is 12.8. The van der Waals surface area contributed by atoms with Crippen LogP contribution in [-0.2, 0) is 77.5 Å². The minimum Gasteiger partial charge on any atom is -0.490 e. The van der Waals surface area contributed by atoms with Gasteiger partial charge < -0.3 is 80.8 Å². The fraction of sp³-hybridized carbons (Fsp3) is 0.462. The van der Waals surface area contributed by atoms with E-state index in [0.29, 0.717) is 6.54 Å². The number of H-pyrrole nitrogens is 1. The number of fused-ring (bicyclic) bond motifs is 3. The van der Waals surface area contributed by atoms with Gasteiger partial charge in [0.2, 0.25) is 24.5 Å². The number of aromatic amines is 1. The summed E-state index contributed by atoms with van der Waals surface area (Å²) in [7, 11) is -21.2. The van der Waals surface area contributed by atoms with Crippen molar-refractivity contribution in [3.05, 3.63) is 71.1 Å². The van der Waals surface area contributed by atoms with Crippen molar-refractivity contribution in [3.63, 3.8) is 0 Å². The summed E-state index contributed by atoms with van der Waals surface area (Å²) in [5, 5.41) is 57.0. The van der Waals surface area contributed by atoms with Crippen molar-refractivity contribution >= 4 is 82.5 Å². The van der Waals surface area contributed by atoms with E-state index >= 15 is 0 Å². The number of methoxy groups -OCH3 is 1. The van der Waals surface area contributed by atoms with Gasteiger partial charge in [0, 0.05) is 13.7 Å². The zero-order valence-electron chi connectivity index (χ0n) is 42.2. The summed E-state index contributed by atoms with van der Waals surface area (Å²) in [5.41, 5.74) is 12.2. The van der Waals surface area contributed by atoms with Gasteiger partial charge in [-0.1, -0.05) is 29.8 Å². The van der Waals surface area contributed by atoms with E-state index in [4.69, 9.17) is 48.5 Å². The lowest BCUT2D eigenvalue weighted by molar-refractivity contribution is -0.646. The van der Waals surface area contributed by atoms with Crippen LogP contribution in [0.2, 0.25) is 0 Å². The number of aliphatic hydroxyl groups excluding tert-OH is 4. The number of anilines is 3. The molecule has 7 aromatic rings. The molecular formula is C39H50N15O24P4+. The van der Waals surface area contributed by atoms with Gasteiger partial charge in [-0.2, -0.15) is 28.1 Å². The maximum absolute atomic E-state index is 14.0. The first-order valence-electron chi connectivity index (χ1n) is 23.6. The molecule has 39 nitrogen and oxygen atoms in total. The van der Waals surface area contributed by atoms with Crippen molar-refractivity contribution in [3.8, 4) is 5.88 Å². The van der Waals surface area contributed by atoms with Gasteiger partial charge in [0.25, 0.3) is 22.6 Å². The highest BCUT2D eigenvalue weighted by Gasteiger charge is 2.55. The third-order valence-corrected chi connectivity index (χ3v) is 18.0. The average molecular weight is 1240 g/mol. The van der Waals surface area contributed by atoms with Crippen LogP contribution >= 0.6 is 31.3 Å². The molecule has 1 aromatic carbocycles. The van der Waals surface area contributed by atoms with Crippen LogP contribution in [0.4, 0.5) is 17.7 Å². The maximum Gasteiger partial charge on any atom is 0.490 e. The second kappa shape index (κ2) is 22.6. The SMILES string of the molecule is COC1[C@@H](OP(=O)(O)O[C@H]2O[C@@H](n3cnc4c(=O)[nH]c(N)nc43)C(O)[C@H]2O)[C@@H](COP(=O)(O)OP(=O)(O)OP(=O)(O)OC[C@H]2O[C@@H](n3c[n+](C)c4c(O)nc(N)nc43)C(O)C2O)O[C@H]1n1cnc2c(NCc3ccc(C)cc3)ncnc21. The van der Waals surface area contributed by atoms with Gasteiger partial charge in [-0.3, -0.25) is 37.0 Å². The van der Waals surface area contributed by atoms with E-state index in [0.717, 1.165) is 33.7 Å². The van der Waals surface area contributed by atoms with Crippen molar-refractivity contribution in [2.75, 3.05) is 37.1 Å². The molecule has 444 valence electrons. The Kier molecular flexibility index (Phi) is 16.3. The Bertz CT molecular complexity index is 3800. The molecule has 16 atom stereocenters. The highest BCUT2D eigenvalue weighted by atomic mass is 31.3. The predicted molar refractivity (Wildman–Crippen MR) is 267 cm³/mol. The summed E-state index contributed by atoms with van der Waals surface area (Å²) in [6.07, 6.45) is -17.2. The number of nitrogens with one attached hydrogen (secondary N) is 2. The Morgan fingerprint density at radius 2 is 1.33 bits per heavy atom. The summed E-state index contributed by atoms with van der Waals surface area (Å²) in [4.78, 5) is 86.1. The normalized spacial score (nSPS) is 28.8. The molecule has 15 N–H and O–H groups in total. The molecule has 0 saturated carbocycles. The quantitative estimate of drug-likeness (QED) is 0.0273. The van der Waals surface area contributed by atoms with Gasteiger partial charge in [0.15, 0.2) is 46.9 Å². The van der Waals surface area contributed by atoms with E-state index in [1.165, 1.54) is 35.2 Å². The van der Waals surface area contributed by atoms with Gasteiger partial charge in [0.05, 0.1) is 32.9 Å². The number of nitrogens with zero attached hydrogens (tertiary/aromatic N) is 11.